The van der Waals surface area contributed by atoms with Gasteiger partial charge in [0.15, 0.2) is 5.54 Å². The van der Waals surface area contributed by atoms with Gasteiger partial charge in [-0.3, -0.25) is 4.90 Å². The van der Waals surface area contributed by atoms with Crippen molar-refractivity contribution in [3.05, 3.63) is 54.2 Å². The number of rotatable bonds is 2. The van der Waals surface area contributed by atoms with E-state index in [1.54, 1.807) is 33.0 Å². The standard InChI is InChI=1S/C18H20N2O2/c1-5-11-18(13-19)15-9-7-6-8-14(15)10-12-20(18)16(21)22-17(2,3)4/h5-10,12H,1,11H2,2-4H3. The number of nitrogens with zero attached hydrogens (tertiary/aromatic N) is 2. The van der Waals surface area contributed by atoms with Gasteiger partial charge in [-0.25, -0.2) is 4.79 Å². The highest BCUT2D eigenvalue weighted by molar-refractivity contribution is 5.76. The van der Waals surface area contributed by atoms with Crippen LogP contribution in [0.1, 0.15) is 38.3 Å². The van der Waals surface area contributed by atoms with E-state index in [1.807, 2.05) is 30.3 Å². The van der Waals surface area contributed by atoms with Gasteiger partial charge in [0.25, 0.3) is 0 Å². The first-order valence-corrected chi connectivity index (χ1v) is 7.16. The summed E-state index contributed by atoms with van der Waals surface area (Å²) in [6, 6.07) is 9.85. The van der Waals surface area contributed by atoms with Crippen molar-refractivity contribution >= 4 is 12.2 Å². The monoisotopic (exact) mass is 296 g/mol. The molecule has 0 saturated heterocycles. The molecule has 4 nitrogen and oxygen atoms in total. The Morgan fingerprint density at radius 2 is 2.14 bits per heavy atom. The third-order valence-electron chi connectivity index (χ3n) is 3.44. The molecule has 1 aliphatic rings. The second-order valence-corrected chi connectivity index (χ2v) is 6.22. The number of fused-ring (bicyclic) bond motifs is 1. The van der Waals surface area contributed by atoms with E-state index < -0.39 is 17.2 Å². The summed E-state index contributed by atoms with van der Waals surface area (Å²) in [5, 5.41) is 9.86. The van der Waals surface area contributed by atoms with E-state index in [4.69, 9.17) is 4.74 Å². The number of carbonyl (C=O) groups is 1. The van der Waals surface area contributed by atoms with Crippen molar-refractivity contribution in [3.8, 4) is 6.07 Å². The fourth-order valence-corrected chi connectivity index (χ4v) is 2.54. The molecule has 4 heteroatoms. The normalized spacial score (nSPS) is 20.0. The summed E-state index contributed by atoms with van der Waals surface area (Å²) in [7, 11) is 0. The van der Waals surface area contributed by atoms with Gasteiger partial charge in [-0.1, -0.05) is 30.3 Å². The topological polar surface area (TPSA) is 53.3 Å². The molecule has 1 unspecified atom stereocenters. The molecule has 1 aromatic rings. The van der Waals surface area contributed by atoms with E-state index >= 15 is 0 Å². The molecule has 0 fully saturated rings. The van der Waals surface area contributed by atoms with Crippen LogP contribution in [0.25, 0.3) is 6.08 Å². The molecule has 1 amide bonds. The van der Waals surface area contributed by atoms with Crippen LogP contribution in [0.4, 0.5) is 4.79 Å². The van der Waals surface area contributed by atoms with Crippen molar-refractivity contribution in [2.45, 2.75) is 38.3 Å². The zero-order chi connectivity index (χ0) is 16.4. The zero-order valence-corrected chi connectivity index (χ0v) is 13.2. The van der Waals surface area contributed by atoms with E-state index in [0.717, 1.165) is 11.1 Å². The number of carbonyl (C=O) groups excluding carboxylic acids is 1. The molecular formula is C18H20N2O2. The fraction of sp³-hybridized carbons (Fsp3) is 0.333. The largest absolute Gasteiger partial charge is 0.443 e. The van der Waals surface area contributed by atoms with Gasteiger partial charge in [0, 0.05) is 18.2 Å². The molecule has 22 heavy (non-hydrogen) atoms. The second-order valence-electron chi connectivity index (χ2n) is 6.22. The van der Waals surface area contributed by atoms with Crippen LogP contribution in [0.2, 0.25) is 0 Å². The van der Waals surface area contributed by atoms with Crippen LogP contribution in [0, 0.1) is 11.3 Å². The molecule has 1 atom stereocenters. The van der Waals surface area contributed by atoms with Gasteiger partial charge in [0.1, 0.15) is 5.60 Å². The minimum Gasteiger partial charge on any atom is -0.443 e. The SMILES string of the molecule is C=CCC1(C#N)c2ccccc2C=CN1C(=O)OC(C)(C)C. The Hall–Kier alpha value is -2.54. The fourth-order valence-electron chi connectivity index (χ4n) is 2.54. The van der Waals surface area contributed by atoms with Gasteiger partial charge < -0.3 is 4.74 Å². The third kappa shape index (κ3) is 2.75. The molecule has 0 aromatic heterocycles. The van der Waals surface area contributed by atoms with E-state index in [0.29, 0.717) is 6.42 Å². The van der Waals surface area contributed by atoms with Gasteiger partial charge in [0.05, 0.1) is 6.07 Å². The Labute approximate surface area is 131 Å². The first-order valence-electron chi connectivity index (χ1n) is 7.16. The Bertz CT molecular complexity index is 664. The first-order chi connectivity index (χ1) is 10.3. The van der Waals surface area contributed by atoms with Crippen molar-refractivity contribution in [3.63, 3.8) is 0 Å². The number of hydrogen-bond donors (Lipinski definition) is 0. The lowest BCUT2D eigenvalue weighted by Gasteiger charge is -2.40. The molecule has 0 aliphatic carbocycles. The molecular weight excluding hydrogens is 276 g/mol. The van der Waals surface area contributed by atoms with Gasteiger partial charge in [-0.15, -0.1) is 6.58 Å². The summed E-state index contributed by atoms with van der Waals surface area (Å²) in [5.41, 5.74) is -0.0522. The highest BCUT2D eigenvalue weighted by atomic mass is 16.6. The maximum atomic E-state index is 12.5. The van der Waals surface area contributed by atoms with Crippen molar-refractivity contribution in [1.82, 2.24) is 4.90 Å². The summed E-state index contributed by atoms with van der Waals surface area (Å²) >= 11 is 0. The highest BCUT2D eigenvalue weighted by Gasteiger charge is 2.44. The van der Waals surface area contributed by atoms with Gasteiger partial charge in [-0.2, -0.15) is 5.26 Å². The van der Waals surface area contributed by atoms with E-state index in [-0.39, 0.29) is 0 Å². The predicted octanol–water partition coefficient (Wildman–Crippen LogP) is 4.20. The molecule has 0 spiro atoms. The highest BCUT2D eigenvalue weighted by Crippen LogP contribution is 2.39. The molecule has 114 valence electrons. The van der Waals surface area contributed by atoms with Crippen molar-refractivity contribution in [2.24, 2.45) is 0 Å². The zero-order valence-electron chi connectivity index (χ0n) is 13.2. The van der Waals surface area contributed by atoms with Gasteiger partial charge >= 0.3 is 6.09 Å². The minimum absolute atomic E-state index is 0.324. The lowest BCUT2D eigenvalue weighted by atomic mass is 9.81. The van der Waals surface area contributed by atoms with E-state index in [1.165, 1.54) is 4.90 Å². The van der Waals surface area contributed by atoms with Crippen molar-refractivity contribution in [2.75, 3.05) is 0 Å². The third-order valence-corrected chi connectivity index (χ3v) is 3.44. The van der Waals surface area contributed by atoms with Gasteiger partial charge in [-0.05, 0) is 32.4 Å². The smallest absolute Gasteiger partial charge is 0.415 e. The first kappa shape index (κ1) is 15.8. The van der Waals surface area contributed by atoms with Crippen LogP contribution in [0.15, 0.2) is 43.1 Å². The summed E-state index contributed by atoms with van der Waals surface area (Å²) in [5.74, 6) is 0. The number of ether oxygens (including phenoxy) is 1. The molecule has 1 heterocycles. The van der Waals surface area contributed by atoms with Crippen LogP contribution in [-0.4, -0.2) is 16.6 Å². The van der Waals surface area contributed by atoms with E-state index in [2.05, 4.69) is 12.6 Å². The number of amides is 1. The number of hydrogen-bond acceptors (Lipinski definition) is 3. The van der Waals surface area contributed by atoms with Crippen LogP contribution in [-0.2, 0) is 10.3 Å². The summed E-state index contributed by atoms with van der Waals surface area (Å²) < 4.78 is 5.45. The predicted molar refractivity (Wildman–Crippen MR) is 85.7 cm³/mol. The summed E-state index contributed by atoms with van der Waals surface area (Å²) in [6.07, 6.45) is 4.86. The molecule has 2 rings (SSSR count). The molecule has 0 N–H and O–H groups in total. The van der Waals surface area contributed by atoms with E-state index in [9.17, 15) is 10.1 Å². The summed E-state index contributed by atoms with van der Waals surface area (Å²) in [4.78, 5) is 13.9. The second kappa shape index (κ2) is 5.69. The van der Waals surface area contributed by atoms with Crippen molar-refractivity contribution < 1.29 is 9.53 Å². The minimum atomic E-state index is -1.13. The van der Waals surface area contributed by atoms with Crippen LogP contribution in [0.5, 0.6) is 0 Å². The quantitative estimate of drug-likeness (QED) is 0.768. The number of benzene rings is 1. The maximum Gasteiger partial charge on any atom is 0.415 e. The Morgan fingerprint density at radius 3 is 2.73 bits per heavy atom. The Balaban J connectivity index is 2.53. The van der Waals surface area contributed by atoms with Crippen LogP contribution < -0.4 is 0 Å². The lowest BCUT2D eigenvalue weighted by molar-refractivity contribution is 0.0190. The average molecular weight is 296 g/mol. The maximum absolute atomic E-state index is 12.5. The Morgan fingerprint density at radius 1 is 1.45 bits per heavy atom. The Kier molecular flexibility index (Phi) is 4.09. The molecule has 0 saturated carbocycles. The average Bonchev–Trinajstić information content (AvgIpc) is 2.45. The molecule has 0 radical (unpaired) electrons. The molecule has 0 bridgehead atoms. The van der Waals surface area contributed by atoms with Crippen LogP contribution >= 0.6 is 0 Å². The summed E-state index contributed by atoms with van der Waals surface area (Å²) in [6.45, 7) is 9.13. The van der Waals surface area contributed by atoms with Crippen molar-refractivity contribution in [1.29, 1.82) is 5.26 Å². The number of nitriles is 1. The molecule has 1 aliphatic heterocycles. The lowest BCUT2D eigenvalue weighted by Crippen LogP contribution is -2.48. The molecule has 1 aromatic carbocycles. The van der Waals surface area contributed by atoms with Crippen LogP contribution in [0.3, 0.4) is 0 Å². The van der Waals surface area contributed by atoms with Gasteiger partial charge in [0.2, 0.25) is 0 Å².